The van der Waals surface area contributed by atoms with Crippen LogP contribution in [0.25, 0.3) is 0 Å². The van der Waals surface area contributed by atoms with E-state index in [1.165, 1.54) is 0 Å². The van der Waals surface area contributed by atoms with Crippen LogP contribution in [-0.4, -0.2) is 46.5 Å². The van der Waals surface area contributed by atoms with Gasteiger partial charge in [0, 0.05) is 12.1 Å². The summed E-state index contributed by atoms with van der Waals surface area (Å²) in [4.78, 5) is 42.3. The van der Waals surface area contributed by atoms with Crippen molar-refractivity contribution in [2.75, 3.05) is 0 Å². The molecule has 2 atom stereocenters. The van der Waals surface area contributed by atoms with Gasteiger partial charge >= 0.3 is 6.09 Å². The number of hydrogen-bond donors (Lipinski definition) is 2. The van der Waals surface area contributed by atoms with Gasteiger partial charge in [0.05, 0.1) is 0 Å². The molecule has 0 heterocycles. The third kappa shape index (κ3) is 7.97. The number of nitrogens with zero attached hydrogens (tertiary/aromatic N) is 1. The Morgan fingerprint density at radius 3 is 2.03 bits per heavy atom. The average molecular weight is 488 g/mol. The fourth-order valence-corrected chi connectivity index (χ4v) is 4.52. The Kier molecular flexibility index (Phi) is 9.76. The van der Waals surface area contributed by atoms with Crippen LogP contribution in [0.15, 0.2) is 18.2 Å². The number of amides is 3. The van der Waals surface area contributed by atoms with E-state index >= 15 is 0 Å². The Hall–Kier alpha value is -2.57. The van der Waals surface area contributed by atoms with Crippen LogP contribution in [0.5, 0.6) is 0 Å². The van der Waals surface area contributed by atoms with Gasteiger partial charge in [-0.15, -0.1) is 0 Å². The number of alkyl carbamates (subject to hydrolysis) is 1. The van der Waals surface area contributed by atoms with E-state index in [0.29, 0.717) is 6.42 Å². The lowest BCUT2D eigenvalue weighted by Gasteiger charge is -2.44. The van der Waals surface area contributed by atoms with Crippen LogP contribution in [0.2, 0.25) is 0 Å². The van der Waals surface area contributed by atoms with E-state index in [9.17, 15) is 14.4 Å². The maximum absolute atomic E-state index is 14.2. The van der Waals surface area contributed by atoms with Crippen LogP contribution in [0.4, 0.5) is 4.79 Å². The minimum absolute atomic E-state index is 0.0560. The molecule has 0 aliphatic heterocycles. The number of benzene rings is 1. The summed E-state index contributed by atoms with van der Waals surface area (Å²) in [5.41, 5.74) is 2.10. The lowest BCUT2D eigenvalue weighted by Crippen LogP contribution is -2.58. The molecule has 1 aromatic rings. The first-order valence-corrected chi connectivity index (χ1v) is 12.9. The van der Waals surface area contributed by atoms with Gasteiger partial charge in [0.15, 0.2) is 0 Å². The second-order valence-electron chi connectivity index (χ2n) is 11.5. The molecule has 1 fully saturated rings. The van der Waals surface area contributed by atoms with Crippen molar-refractivity contribution in [1.29, 1.82) is 0 Å². The highest BCUT2D eigenvalue weighted by molar-refractivity contribution is 5.93. The second kappa shape index (κ2) is 11.9. The zero-order chi connectivity index (χ0) is 26.5. The summed E-state index contributed by atoms with van der Waals surface area (Å²) in [7, 11) is 0. The molecule has 0 radical (unpaired) electrons. The Morgan fingerprint density at radius 2 is 1.60 bits per heavy atom. The minimum Gasteiger partial charge on any atom is -0.444 e. The molecule has 0 spiro atoms. The molecule has 196 valence electrons. The van der Waals surface area contributed by atoms with Crippen molar-refractivity contribution in [3.05, 3.63) is 34.9 Å². The van der Waals surface area contributed by atoms with Crippen molar-refractivity contribution in [3.63, 3.8) is 0 Å². The average Bonchev–Trinajstić information content (AvgIpc) is 2.64. The van der Waals surface area contributed by atoms with Gasteiger partial charge in [-0.1, -0.05) is 32.0 Å². The minimum atomic E-state index is -0.788. The molecule has 7 heteroatoms. The van der Waals surface area contributed by atoms with Crippen LogP contribution < -0.4 is 10.6 Å². The zero-order valence-corrected chi connectivity index (χ0v) is 23.0. The van der Waals surface area contributed by atoms with E-state index in [2.05, 4.69) is 10.6 Å². The molecule has 0 aromatic heterocycles. The first-order chi connectivity index (χ1) is 16.2. The van der Waals surface area contributed by atoms with Gasteiger partial charge in [-0.3, -0.25) is 9.59 Å². The highest BCUT2D eigenvalue weighted by Gasteiger charge is 2.43. The fraction of sp³-hybridized carbons (Fsp3) is 0.679. The molecule has 1 saturated carbocycles. The third-order valence-corrected chi connectivity index (χ3v) is 6.19. The van der Waals surface area contributed by atoms with Crippen molar-refractivity contribution in [1.82, 2.24) is 15.5 Å². The lowest BCUT2D eigenvalue weighted by atomic mass is 9.85. The molecule has 0 bridgehead atoms. The van der Waals surface area contributed by atoms with Crippen LogP contribution in [0.1, 0.15) is 96.9 Å². The summed E-state index contributed by atoms with van der Waals surface area (Å²) in [5.74, 6) is -0.274. The highest BCUT2D eigenvalue weighted by atomic mass is 16.6. The van der Waals surface area contributed by atoms with Crippen molar-refractivity contribution >= 4 is 17.9 Å². The summed E-state index contributed by atoms with van der Waals surface area (Å²) in [6.07, 6.45) is 2.51. The zero-order valence-electron chi connectivity index (χ0n) is 23.0. The van der Waals surface area contributed by atoms with Gasteiger partial charge in [-0.25, -0.2) is 4.79 Å². The van der Waals surface area contributed by atoms with Gasteiger partial charge in [0.25, 0.3) is 0 Å². The molecule has 2 unspecified atom stereocenters. The summed E-state index contributed by atoms with van der Waals surface area (Å²) in [5, 5.41) is 5.86. The number of carbonyl (C=O) groups excluding carboxylic acids is 3. The summed E-state index contributed by atoms with van der Waals surface area (Å²) in [6, 6.07) is 4.24. The van der Waals surface area contributed by atoms with E-state index in [1.807, 2.05) is 59.7 Å². The predicted octanol–water partition coefficient (Wildman–Crippen LogP) is 5.19. The number of ether oxygens (including phenoxy) is 1. The normalized spacial score (nSPS) is 15.9. The van der Waals surface area contributed by atoms with Crippen molar-refractivity contribution in [3.8, 4) is 0 Å². The standard InChI is InChI=1S/C28H45N3O4/c1-17(2)16-22(30-27(34)35-28(7,8)9)26(33)31(21-14-11-15-21)24(25(32)29-18(3)4)23-19(5)12-10-13-20(23)6/h10,12-13,17-18,21-22,24H,11,14-16H2,1-9H3,(H,29,32)(H,30,34). The third-order valence-electron chi connectivity index (χ3n) is 6.19. The van der Waals surface area contributed by atoms with Gasteiger partial charge in [0.2, 0.25) is 11.8 Å². The van der Waals surface area contributed by atoms with Gasteiger partial charge in [0.1, 0.15) is 17.7 Å². The monoisotopic (exact) mass is 487 g/mol. The molecule has 0 saturated heterocycles. The molecular formula is C28H45N3O4. The molecular weight excluding hydrogens is 442 g/mol. The number of aryl methyl sites for hydroxylation is 2. The lowest BCUT2D eigenvalue weighted by molar-refractivity contribution is -0.148. The summed E-state index contributed by atoms with van der Waals surface area (Å²) >= 11 is 0. The van der Waals surface area contributed by atoms with Crippen molar-refractivity contribution in [2.45, 2.75) is 118 Å². The van der Waals surface area contributed by atoms with Crippen molar-refractivity contribution in [2.24, 2.45) is 5.92 Å². The Balaban J connectivity index is 2.55. The number of nitrogens with one attached hydrogen (secondary N) is 2. The van der Waals surface area contributed by atoms with Gasteiger partial charge in [-0.05, 0) is 96.8 Å². The SMILES string of the molecule is Cc1cccc(C)c1C(C(=O)NC(C)C)N(C(=O)C(CC(C)C)NC(=O)OC(C)(C)C)C1CCC1. The van der Waals surface area contributed by atoms with Crippen LogP contribution in [0, 0.1) is 19.8 Å². The maximum atomic E-state index is 14.2. The van der Waals surface area contributed by atoms with E-state index in [1.54, 1.807) is 25.7 Å². The second-order valence-corrected chi connectivity index (χ2v) is 11.5. The van der Waals surface area contributed by atoms with E-state index in [0.717, 1.165) is 36.0 Å². The van der Waals surface area contributed by atoms with E-state index in [4.69, 9.17) is 4.74 Å². The number of carbonyl (C=O) groups is 3. The first kappa shape index (κ1) is 28.7. The molecule has 7 nitrogen and oxygen atoms in total. The molecule has 35 heavy (non-hydrogen) atoms. The quantitative estimate of drug-likeness (QED) is 0.502. The highest BCUT2D eigenvalue weighted by Crippen LogP contribution is 2.36. The smallest absolute Gasteiger partial charge is 0.408 e. The fourth-order valence-electron chi connectivity index (χ4n) is 4.52. The van der Waals surface area contributed by atoms with Crippen LogP contribution >= 0.6 is 0 Å². The first-order valence-electron chi connectivity index (χ1n) is 12.9. The van der Waals surface area contributed by atoms with Crippen LogP contribution in [0.3, 0.4) is 0 Å². The molecule has 2 rings (SSSR count). The summed E-state index contributed by atoms with van der Waals surface area (Å²) < 4.78 is 5.46. The Bertz CT molecular complexity index is 880. The molecule has 1 aliphatic carbocycles. The Labute approximate surface area is 211 Å². The van der Waals surface area contributed by atoms with Gasteiger partial charge in [-0.2, -0.15) is 0 Å². The van der Waals surface area contributed by atoms with Crippen LogP contribution in [-0.2, 0) is 14.3 Å². The topological polar surface area (TPSA) is 87.7 Å². The van der Waals surface area contributed by atoms with Gasteiger partial charge < -0.3 is 20.3 Å². The molecule has 2 N–H and O–H groups in total. The molecule has 1 aliphatic rings. The molecule has 3 amide bonds. The van der Waals surface area contributed by atoms with E-state index in [-0.39, 0.29) is 29.8 Å². The molecule has 1 aromatic carbocycles. The maximum Gasteiger partial charge on any atom is 0.408 e. The predicted molar refractivity (Wildman–Crippen MR) is 139 cm³/mol. The van der Waals surface area contributed by atoms with E-state index < -0.39 is 23.8 Å². The largest absolute Gasteiger partial charge is 0.444 e. The van der Waals surface area contributed by atoms with Crippen molar-refractivity contribution < 1.29 is 19.1 Å². The number of rotatable bonds is 9. The number of hydrogen-bond acceptors (Lipinski definition) is 4. The Morgan fingerprint density at radius 1 is 1.03 bits per heavy atom. The summed E-state index contributed by atoms with van der Waals surface area (Å²) in [6.45, 7) is 17.2.